The van der Waals surface area contributed by atoms with Crippen LogP contribution in [0.15, 0.2) is 16.2 Å². The summed E-state index contributed by atoms with van der Waals surface area (Å²) in [6, 6.07) is 1.84. The van der Waals surface area contributed by atoms with E-state index in [4.69, 9.17) is 17.0 Å². The number of nitrogens with zero attached hydrogens (tertiary/aromatic N) is 1. The Labute approximate surface area is 121 Å². The lowest BCUT2D eigenvalue weighted by Crippen LogP contribution is -2.30. The van der Waals surface area contributed by atoms with Gasteiger partial charge in [-0.15, -0.1) is 11.3 Å². The van der Waals surface area contributed by atoms with E-state index in [1.165, 1.54) is 11.3 Å². The topological polar surface area (TPSA) is 47.0 Å². The molecule has 104 valence electrons. The van der Waals surface area contributed by atoms with E-state index in [0.717, 1.165) is 11.3 Å². The van der Waals surface area contributed by atoms with Crippen LogP contribution in [0.1, 0.15) is 20.3 Å². The van der Waals surface area contributed by atoms with Gasteiger partial charge in [-0.3, -0.25) is 9.36 Å². The van der Waals surface area contributed by atoms with Crippen molar-refractivity contribution in [3.63, 3.8) is 0 Å². The van der Waals surface area contributed by atoms with Gasteiger partial charge in [0.2, 0.25) is 0 Å². The lowest BCUT2D eigenvalue weighted by molar-refractivity contribution is 0.141. The molecule has 0 aliphatic heterocycles. The Morgan fingerprint density at radius 3 is 2.95 bits per heavy atom. The van der Waals surface area contributed by atoms with Gasteiger partial charge in [-0.1, -0.05) is 13.8 Å². The van der Waals surface area contributed by atoms with Crippen LogP contribution in [-0.2, 0) is 11.3 Å². The number of ether oxygens (including phenoxy) is 1. The van der Waals surface area contributed by atoms with Crippen LogP contribution in [0.25, 0.3) is 10.2 Å². The van der Waals surface area contributed by atoms with Crippen LogP contribution in [0.5, 0.6) is 0 Å². The average Bonchev–Trinajstić information content (AvgIpc) is 2.80. The highest BCUT2D eigenvalue weighted by molar-refractivity contribution is 7.71. The molecule has 1 N–H and O–H groups in total. The lowest BCUT2D eigenvalue weighted by Gasteiger charge is -2.25. The average molecular weight is 298 g/mol. The molecule has 0 saturated heterocycles. The van der Waals surface area contributed by atoms with Crippen molar-refractivity contribution in [1.82, 2.24) is 9.55 Å². The molecular weight excluding hydrogens is 280 g/mol. The monoisotopic (exact) mass is 298 g/mol. The number of thiophene rings is 1. The molecular formula is C13H18N2O2S2. The first-order valence-electron chi connectivity index (χ1n) is 6.14. The van der Waals surface area contributed by atoms with Crippen molar-refractivity contribution in [2.45, 2.75) is 26.8 Å². The summed E-state index contributed by atoms with van der Waals surface area (Å²) in [4.78, 5) is 16.4. The fourth-order valence-corrected chi connectivity index (χ4v) is 3.10. The molecule has 0 aromatic carbocycles. The summed E-state index contributed by atoms with van der Waals surface area (Å²) in [5, 5.41) is 2.61. The zero-order chi connectivity index (χ0) is 14.0. The van der Waals surface area contributed by atoms with Crippen LogP contribution >= 0.6 is 23.6 Å². The van der Waals surface area contributed by atoms with Crippen molar-refractivity contribution < 1.29 is 4.74 Å². The Balaban J connectivity index is 2.40. The smallest absolute Gasteiger partial charge is 0.263 e. The Hall–Kier alpha value is -0.980. The van der Waals surface area contributed by atoms with Gasteiger partial charge < -0.3 is 9.72 Å². The normalized spacial score (nSPS) is 12.2. The van der Waals surface area contributed by atoms with E-state index in [9.17, 15) is 4.79 Å². The number of rotatable bonds is 5. The molecule has 0 fully saturated rings. The van der Waals surface area contributed by atoms with E-state index in [2.05, 4.69) is 18.8 Å². The van der Waals surface area contributed by atoms with Gasteiger partial charge in [-0.2, -0.15) is 0 Å². The van der Waals surface area contributed by atoms with E-state index in [1.807, 2.05) is 11.4 Å². The van der Waals surface area contributed by atoms with Gasteiger partial charge >= 0.3 is 0 Å². The molecule has 0 radical (unpaired) electrons. The largest absolute Gasteiger partial charge is 0.385 e. The van der Waals surface area contributed by atoms with E-state index in [-0.39, 0.29) is 11.0 Å². The fourth-order valence-electron chi connectivity index (χ4n) is 2.01. The zero-order valence-electron chi connectivity index (χ0n) is 11.4. The quantitative estimate of drug-likeness (QED) is 0.862. The van der Waals surface area contributed by atoms with Crippen molar-refractivity contribution >= 4 is 33.8 Å². The predicted molar refractivity (Wildman–Crippen MR) is 81.5 cm³/mol. The number of methoxy groups -OCH3 is 1. The molecule has 6 heteroatoms. The molecule has 19 heavy (non-hydrogen) atoms. The van der Waals surface area contributed by atoms with Gasteiger partial charge in [-0.25, -0.2) is 0 Å². The minimum atomic E-state index is -0.0368. The molecule has 0 unspecified atom stereocenters. The van der Waals surface area contributed by atoms with Crippen LogP contribution < -0.4 is 5.56 Å². The summed E-state index contributed by atoms with van der Waals surface area (Å²) in [7, 11) is 1.69. The van der Waals surface area contributed by atoms with Gasteiger partial charge in [0, 0.05) is 20.3 Å². The van der Waals surface area contributed by atoms with Crippen LogP contribution in [0.2, 0.25) is 0 Å². The lowest BCUT2D eigenvalue weighted by atomic mass is 9.89. The maximum Gasteiger partial charge on any atom is 0.263 e. The van der Waals surface area contributed by atoms with Crippen molar-refractivity contribution in [2.75, 3.05) is 13.7 Å². The number of hydrogen-bond donors (Lipinski definition) is 1. The Kier molecular flexibility index (Phi) is 4.23. The van der Waals surface area contributed by atoms with Crippen LogP contribution in [0, 0.1) is 10.2 Å². The Morgan fingerprint density at radius 1 is 1.53 bits per heavy atom. The molecule has 2 rings (SSSR count). The predicted octanol–water partition coefficient (Wildman–Crippen LogP) is 3.18. The minimum absolute atomic E-state index is 0.00880. The van der Waals surface area contributed by atoms with Crippen molar-refractivity contribution in [1.29, 1.82) is 0 Å². The van der Waals surface area contributed by atoms with E-state index in [0.29, 0.717) is 23.3 Å². The van der Waals surface area contributed by atoms with E-state index in [1.54, 1.807) is 11.7 Å². The molecule has 2 heterocycles. The zero-order valence-corrected chi connectivity index (χ0v) is 13.0. The number of aromatic nitrogens is 2. The third-order valence-electron chi connectivity index (χ3n) is 3.18. The number of H-pyrrole nitrogens is 1. The maximum atomic E-state index is 12.4. The van der Waals surface area contributed by atoms with Gasteiger partial charge in [0.25, 0.3) is 5.56 Å². The first-order chi connectivity index (χ1) is 8.94. The van der Waals surface area contributed by atoms with Gasteiger partial charge in [-0.05, 0) is 35.5 Å². The van der Waals surface area contributed by atoms with Crippen LogP contribution in [0.4, 0.5) is 0 Å². The van der Waals surface area contributed by atoms with E-state index < -0.39 is 0 Å². The van der Waals surface area contributed by atoms with Crippen molar-refractivity contribution in [2.24, 2.45) is 5.41 Å². The molecule has 0 spiro atoms. The van der Waals surface area contributed by atoms with Crippen molar-refractivity contribution in [3.8, 4) is 0 Å². The Bertz CT molecular complexity index is 682. The highest BCUT2D eigenvalue weighted by Crippen LogP contribution is 2.23. The summed E-state index contributed by atoms with van der Waals surface area (Å²) in [5.74, 6) is 0. The fraction of sp³-hybridized carbons (Fsp3) is 0.538. The molecule has 0 amide bonds. The highest BCUT2D eigenvalue weighted by Gasteiger charge is 2.20. The summed E-state index contributed by atoms with van der Waals surface area (Å²) < 4.78 is 7.26. The first kappa shape index (κ1) is 14.4. The molecule has 2 aromatic heterocycles. The number of nitrogens with one attached hydrogen (secondary N) is 1. The molecule has 2 aromatic rings. The maximum absolute atomic E-state index is 12.4. The molecule has 0 bridgehead atoms. The highest BCUT2D eigenvalue weighted by atomic mass is 32.1. The second-order valence-corrected chi connectivity index (χ2v) is 6.69. The van der Waals surface area contributed by atoms with Crippen LogP contribution in [0.3, 0.4) is 0 Å². The third-order valence-corrected chi connectivity index (χ3v) is 4.33. The van der Waals surface area contributed by atoms with Gasteiger partial charge in [0.05, 0.1) is 5.39 Å². The van der Waals surface area contributed by atoms with Crippen LogP contribution in [-0.4, -0.2) is 23.3 Å². The first-order valence-corrected chi connectivity index (χ1v) is 7.43. The number of fused-ring (bicyclic) bond motifs is 1. The summed E-state index contributed by atoms with van der Waals surface area (Å²) >= 11 is 6.80. The second kappa shape index (κ2) is 5.56. The molecule has 0 saturated carbocycles. The molecule has 4 nitrogen and oxygen atoms in total. The molecule has 0 atom stereocenters. The molecule has 0 aliphatic carbocycles. The number of hydrogen-bond acceptors (Lipinski definition) is 4. The summed E-state index contributed by atoms with van der Waals surface area (Å²) in [5.41, 5.74) is -0.0456. The second-order valence-electron chi connectivity index (χ2n) is 5.39. The van der Waals surface area contributed by atoms with Gasteiger partial charge in [0.1, 0.15) is 4.83 Å². The summed E-state index contributed by atoms with van der Waals surface area (Å²) in [6.45, 7) is 5.51. The minimum Gasteiger partial charge on any atom is -0.385 e. The Morgan fingerprint density at radius 2 is 2.26 bits per heavy atom. The van der Waals surface area contributed by atoms with E-state index >= 15 is 0 Å². The number of aromatic amines is 1. The molecule has 0 aliphatic rings. The van der Waals surface area contributed by atoms with Gasteiger partial charge in [0.15, 0.2) is 4.77 Å². The summed E-state index contributed by atoms with van der Waals surface area (Å²) in [6.07, 6.45) is 0.881. The van der Waals surface area contributed by atoms with Crippen molar-refractivity contribution in [3.05, 3.63) is 26.6 Å². The third kappa shape index (κ3) is 3.13. The SMILES string of the molecule is COCCC(C)(C)Cn1c(=S)[nH]c2sccc2c1=O. The standard InChI is InChI=1S/C13H18N2O2S2/c1-13(2,5-6-17-3)8-15-11(16)9-4-7-19-10(9)14-12(15)18/h4,7H,5-6,8H2,1-3H3,(H,14,18).